The molecule has 4 rings (SSSR count). The van der Waals surface area contributed by atoms with E-state index in [9.17, 15) is 18.0 Å². The van der Waals surface area contributed by atoms with Crippen molar-refractivity contribution in [3.05, 3.63) is 69.5 Å². The number of carbonyl (C=O) groups is 2. The van der Waals surface area contributed by atoms with Crippen molar-refractivity contribution in [2.75, 3.05) is 33.4 Å². The Hall–Kier alpha value is -2.93. The highest BCUT2D eigenvalue weighted by molar-refractivity contribution is 9.10. The van der Waals surface area contributed by atoms with Crippen LogP contribution in [0.4, 0.5) is 0 Å². The average molecular weight is 667 g/mol. The minimum absolute atomic E-state index is 0.123. The molecule has 2 heterocycles. The average Bonchev–Trinajstić information content (AvgIpc) is 3.31. The summed E-state index contributed by atoms with van der Waals surface area (Å²) in [4.78, 5) is 25.2. The van der Waals surface area contributed by atoms with Gasteiger partial charge in [0, 0.05) is 5.92 Å². The van der Waals surface area contributed by atoms with Crippen LogP contribution in [0.1, 0.15) is 35.0 Å². The van der Waals surface area contributed by atoms with E-state index < -0.39 is 27.2 Å². The highest BCUT2D eigenvalue weighted by Gasteiger charge is 2.36. The van der Waals surface area contributed by atoms with Crippen LogP contribution in [0.25, 0.3) is 10.4 Å². The third-order valence-corrected chi connectivity index (χ3v) is 10.6. The summed E-state index contributed by atoms with van der Waals surface area (Å²) in [5.74, 6) is -0.936. The molecule has 1 aliphatic heterocycles. The SMILES string of the molecule is CCOC(=O)COc1c(C(=O)OC)sc(-c2cccc(OC(C3CCNCC3)S(=O)(=O)Cc3ccccc3)c2)c1Br. The Labute approximate surface area is 252 Å². The van der Waals surface area contributed by atoms with Crippen molar-refractivity contribution in [2.45, 2.75) is 31.0 Å². The molecular weight excluding hydrogens is 634 g/mol. The predicted molar refractivity (Wildman–Crippen MR) is 160 cm³/mol. The van der Waals surface area contributed by atoms with Crippen LogP contribution >= 0.6 is 27.3 Å². The number of carbonyl (C=O) groups excluding carboxylic acids is 2. The van der Waals surface area contributed by atoms with Crippen LogP contribution in [-0.2, 0) is 29.9 Å². The molecule has 1 unspecified atom stereocenters. The number of esters is 2. The van der Waals surface area contributed by atoms with Crippen molar-refractivity contribution >= 4 is 49.0 Å². The van der Waals surface area contributed by atoms with E-state index in [2.05, 4.69) is 21.2 Å². The molecule has 220 valence electrons. The van der Waals surface area contributed by atoms with Crippen molar-refractivity contribution in [2.24, 2.45) is 5.92 Å². The van der Waals surface area contributed by atoms with Crippen LogP contribution in [0.5, 0.6) is 11.5 Å². The first-order chi connectivity index (χ1) is 19.7. The number of halogens is 1. The summed E-state index contributed by atoms with van der Waals surface area (Å²) >= 11 is 4.63. The zero-order valence-electron chi connectivity index (χ0n) is 22.8. The topological polar surface area (TPSA) is 117 Å². The Kier molecular flexibility index (Phi) is 10.8. The lowest BCUT2D eigenvalue weighted by atomic mass is 9.99. The lowest BCUT2D eigenvalue weighted by Gasteiger charge is -2.31. The van der Waals surface area contributed by atoms with E-state index in [1.807, 2.05) is 24.3 Å². The number of thiophene rings is 1. The van der Waals surface area contributed by atoms with Crippen molar-refractivity contribution in [3.63, 3.8) is 0 Å². The quantitative estimate of drug-likeness (QED) is 0.260. The monoisotopic (exact) mass is 665 g/mol. The largest absolute Gasteiger partial charge is 0.479 e. The third-order valence-electron chi connectivity index (χ3n) is 6.50. The number of methoxy groups -OCH3 is 1. The van der Waals surface area contributed by atoms with Crippen LogP contribution in [0.2, 0.25) is 0 Å². The van der Waals surface area contributed by atoms with Gasteiger partial charge in [-0.15, -0.1) is 11.3 Å². The van der Waals surface area contributed by atoms with Gasteiger partial charge < -0.3 is 24.3 Å². The second kappa shape index (κ2) is 14.3. The van der Waals surface area contributed by atoms with E-state index >= 15 is 0 Å². The molecule has 1 fully saturated rings. The Morgan fingerprint density at radius 2 is 1.83 bits per heavy atom. The molecule has 2 aromatic carbocycles. The van der Waals surface area contributed by atoms with E-state index in [0.29, 0.717) is 39.1 Å². The van der Waals surface area contributed by atoms with Crippen LogP contribution in [0.15, 0.2) is 59.1 Å². The molecule has 0 spiro atoms. The molecule has 0 radical (unpaired) electrons. The fraction of sp³-hybridized carbons (Fsp3) is 0.379. The molecule has 1 atom stereocenters. The predicted octanol–water partition coefficient (Wildman–Crippen LogP) is 5.23. The minimum atomic E-state index is -3.68. The molecule has 0 aliphatic carbocycles. The van der Waals surface area contributed by atoms with E-state index in [-0.39, 0.29) is 35.5 Å². The lowest BCUT2D eigenvalue weighted by Crippen LogP contribution is -2.41. The van der Waals surface area contributed by atoms with Gasteiger partial charge in [-0.25, -0.2) is 18.0 Å². The molecule has 9 nitrogen and oxygen atoms in total. The third kappa shape index (κ3) is 7.88. The standard InChI is InChI=1S/C29H32BrNO8S2/c1-3-37-23(32)17-38-25-24(30)26(40-27(25)28(33)36-2)21-10-7-11-22(16-21)39-29(20-12-14-31-15-13-20)41(34,35)18-19-8-5-4-6-9-19/h4-11,16,20,29,31H,3,12-15,17-18H2,1-2H3. The Balaban J connectivity index is 1.65. The molecule has 0 saturated carbocycles. The van der Waals surface area contributed by atoms with E-state index in [0.717, 1.165) is 24.4 Å². The summed E-state index contributed by atoms with van der Waals surface area (Å²) in [6.07, 6.45) is 1.36. The number of hydrogen-bond donors (Lipinski definition) is 1. The fourth-order valence-electron chi connectivity index (χ4n) is 4.58. The molecule has 41 heavy (non-hydrogen) atoms. The van der Waals surface area contributed by atoms with Gasteiger partial charge in [-0.2, -0.15) is 0 Å². The number of hydrogen-bond acceptors (Lipinski definition) is 10. The maximum atomic E-state index is 13.7. The second-order valence-corrected chi connectivity index (χ2v) is 13.3. The highest BCUT2D eigenvalue weighted by atomic mass is 79.9. The van der Waals surface area contributed by atoms with Gasteiger partial charge in [0.25, 0.3) is 0 Å². The highest BCUT2D eigenvalue weighted by Crippen LogP contribution is 2.46. The lowest BCUT2D eigenvalue weighted by molar-refractivity contribution is -0.145. The van der Waals surface area contributed by atoms with E-state index in [4.69, 9.17) is 18.9 Å². The van der Waals surface area contributed by atoms with Crippen molar-refractivity contribution in [1.29, 1.82) is 0 Å². The van der Waals surface area contributed by atoms with Gasteiger partial charge in [0.15, 0.2) is 27.1 Å². The van der Waals surface area contributed by atoms with Crippen LogP contribution in [0, 0.1) is 5.92 Å². The number of piperidine rings is 1. The number of nitrogens with one attached hydrogen (secondary N) is 1. The fourth-order valence-corrected chi connectivity index (χ4v) is 8.49. The van der Waals surface area contributed by atoms with Gasteiger partial charge in [-0.1, -0.05) is 42.5 Å². The zero-order valence-corrected chi connectivity index (χ0v) is 26.0. The summed E-state index contributed by atoms with van der Waals surface area (Å²) < 4.78 is 49.6. The Morgan fingerprint density at radius 3 is 2.51 bits per heavy atom. The summed E-state index contributed by atoms with van der Waals surface area (Å²) in [5.41, 5.74) is 0.345. The number of sulfone groups is 1. The summed E-state index contributed by atoms with van der Waals surface area (Å²) in [7, 11) is -2.42. The molecule has 0 amide bonds. The minimum Gasteiger partial charge on any atom is -0.479 e. The Bertz CT molecular complexity index is 1450. The summed E-state index contributed by atoms with van der Waals surface area (Å²) in [5, 5.41) is 3.28. The van der Waals surface area contributed by atoms with Gasteiger partial charge in [0.2, 0.25) is 5.44 Å². The molecule has 1 saturated heterocycles. The molecule has 1 aromatic heterocycles. The first kappa shape index (κ1) is 31.0. The maximum absolute atomic E-state index is 13.7. The first-order valence-corrected chi connectivity index (χ1v) is 16.5. The van der Waals surface area contributed by atoms with Gasteiger partial charge in [-0.3, -0.25) is 0 Å². The molecule has 0 bridgehead atoms. The first-order valence-electron chi connectivity index (χ1n) is 13.2. The van der Waals surface area contributed by atoms with Crippen LogP contribution in [0.3, 0.4) is 0 Å². The summed E-state index contributed by atoms with van der Waals surface area (Å²) in [6.45, 7) is 2.95. The van der Waals surface area contributed by atoms with Crippen molar-refractivity contribution in [3.8, 4) is 21.9 Å². The number of benzene rings is 2. The van der Waals surface area contributed by atoms with Gasteiger partial charge in [0.05, 0.1) is 28.8 Å². The Morgan fingerprint density at radius 1 is 1.10 bits per heavy atom. The smallest absolute Gasteiger partial charge is 0.351 e. The zero-order chi connectivity index (χ0) is 29.4. The molecular formula is C29H32BrNO8S2. The van der Waals surface area contributed by atoms with Crippen molar-refractivity contribution < 1.29 is 37.0 Å². The van der Waals surface area contributed by atoms with E-state index in [1.165, 1.54) is 7.11 Å². The van der Waals surface area contributed by atoms with Crippen LogP contribution in [-0.4, -0.2) is 59.2 Å². The van der Waals surface area contributed by atoms with Gasteiger partial charge in [-0.05, 0) is 72.0 Å². The van der Waals surface area contributed by atoms with Crippen molar-refractivity contribution in [1.82, 2.24) is 5.32 Å². The summed E-state index contributed by atoms with van der Waals surface area (Å²) in [6, 6.07) is 16.1. The molecule has 1 N–H and O–H groups in total. The molecule has 1 aliphatic rings. The molecule has 12 heteroatoms. The maximum Gasteiger partial charge on any atom is 0.351 e. The number of ether oxygens (including phenoxy) is 4. The van der Waals surface area contributed by atoms with Gasteiger partial charge in [0.1, 0.15) is 5.75 Å². The number of rotatable bonds is 12. The second-order valence-electron chi connectivity index (χ2n) is 9.38. The van der Waals surface area contributed by atoms with E-state index in [1.54, 1.807) is 37.3 Å². The van der Waals surface area contributed by atoms with Gasteiger partial charge >= 0.3 is 11.9 Å². The normalized spacial score (nSPS) is 14.7. The van der Waals surface area contributed by atoms with Crippen LogP contribution < -0.4 is 14.8 Å². The molecule has 3 aromatic rings.